The average molecular weight is 310 g/mol. The van der Waals surface area contributed by atoms with Crippen LogP contribution in [-0.4, -0.2) is 16.6 Å². The molecule has 0 fully saturated rings. The molecule has 0 aliphatic carbocycles. The molecule has 118 valence electrons. The van der Waals surface area contributed by atoms with Gasteiger partial charge in [0.05, 0.1) is 5.60 Å². The normalized spacial score (nSPS) is 14.4. The Labute approximate surface area is 126 Å². The van der Waals surface area contributed by atoms with Crippen LogP contribution >= 0.6 is 0 Å². The molecule has 22 heavy (non-hydrogen) atoms. The monoisotopic (exact) mass is 310 g/mol. The van der Waals surface area contributed by atoms with Gasteiger partial charge in [-0.05, 0) is 31.0 Å². The average Bonchev–Trinajstić information content (AvgIpc) is 2.47. The number of nitrogens with one attached hydrogen (secondary N) is 1. The first-order chi connectivity index (χ1) is 10.3. The molecule has 0 aliphatic heterocycles. The second-order valence-corrected chi connectivity index (χ2v) is 5.22. The van der Waals surface area contributed by atoms with E-state index in [2.05, 4.69) is 10.3 Å². The van der Waals surface area contributed by atoms with Gasteiger partial charge in [-0.25, -0.2) is 4.98 Å². The van der Waals surface area contributed by atoms with Crippen LogP contribution in [0, 0.1) is 0 Å². The van der Waals surface area contributed by atoms with Gasteiger partial charge in [0.2, 0.25) is 0 Å². The fourth-order valence-electron chi connectivity index (χ4n) is 2.07. The summed E-state index contributed by atoms with van der Waals surface area (Å²) in [6, 6.07) is 12.8. The number of rotatable bonds is 5. The molecular formula is C16H17F3N2O. The van der Waals surface area contributed by atoms with Crippen LogP contribution in [0.1, 0.15) is 24.6 Å². The first-order valence-corrected chi connectivity index (χ1v) is 6.85. The summed E-state index contributed by atoms with van der Waals surface area (Å²) in [5, 5.41) is 13.2. The van der Waals surface area contributed by atoms with Crippen molar-refractivity contribution < 1.29 is 18.3 Å². The van der Waals surface area contributed by atoms with Crippen molar-refractivity contribution in [1.82, 2.24) is 4.98 Å². The van der Waals surface area contributed by atoms with Crippen molar-refractivity contribution in [3.63, 3.8) is 0 Å². The van der Waals surface area contributed by atoms with E-state index in [1.165, 1.54) is 12.1 Å². The number of hydrogen-bond donors (Lipinski definition) is 2. The summed E-state index contributed by atoms with van der Waals surface area (Å²) in [4.78, 5) is 3.52. The highest BCUT2D eigenvalue weighted by Gasteiger charge is 2.32. The summed E-state index contributed by atoms with van der Waals surface area (Å²) >= 11 is 0. The zero-order valence-corrected chi connectivity index (χ0v) is 12.1. The minimum atomic E-state index is -4.47. The minimum absolute atomic E-state index is 0.138. The predicted octanol–water partition coefficient (Wildman–Crippen LogP) is 3.81. The number of nitrogens with zero attached hydrogens (tertiary/aromatic N) is 1. The summed E-state index contributed by atoms with van der Waals surface area (Å²) in [7, 11) is 0. The third kappa shape index (κ3) is 4.21. The fourth-order valence-corrected chi connectivity index (χ4v) is 2.07. The zero-order valence-electron chi connectivity index (χ0n) is 12.1. The Balaban J connectivity index is 1.97. The van der Waals surface area contributed by atoms with E-state index in [4.69, 9.17) is 0 Å². The number of aliphatic hydroxyl groups is 1. The highest BCUT2D eigenvalue weighted by Crippen LogP contribution is 2.28. The Kier molecular flexibility index (Phi) is 4.71. The standard InChI is InChI=1S/C16H17F3N2O/c1-15(22,12-6-3-2-4-7-12)10-11-20-14-9-5-8-13(21-14)16(17,18)19/h2-9,22H,10-11H2,1H3,(H,20,21). The van der Waals surface area contributed by atoms with Crippen molar-refractivity contribution in [2.24, 2.45) is 0 Å². The number of halogens is 3. The van der Waals surface area contributed by atoms with Gasteiger partial charge in [0.1, 0.15) is 11.5 Å². The molecule has 2 N–H and O–H groups in total. The SMILES string of the molecule is CC(O)(CCNc1cccc(C(F)(F)F)n1)c1ccccc1. The topological polar surface area (TPSA) is 45.1 Å². The van der Waals surface area contributed by atoms with E-state index in [1.54, 1.807) is 6.92 Å². The number of benzene rings is 1. The molecule has 1 atom stereocenters. The number of aromatic nitrogens is 1. The maximum Gasteiger partial charge on any atom is 0.433 e. The van der Waals surface area contributed by atoms with E-state index in [0.717, 1.165) is 11.6 Å². The Morgan fingerprint density at radius 2 is 1.73 bits per heavy atom. The van der Waals surface area contributed by atoms with Gasteiger partial charge in [-0.2, -0.15) is 13.2 Å². The third-order valence-corrected chi connectivity index (χ3v) is 3.35. The molecule has 1 heterocycles. The Morgan fingerprint density at radius 3 is 2.36 bits per heavy atom. The lowest BCUT2D eigenvalue weighted by Gasteiger charge is -2.24. The molecular weight excluding hydrogens is 293 g/mol. The fraction of sp³-hybridized carbons (Fsp3) is 0.312. The highest BCUT2D eigenvalue weighted by atomic mass is 19.4. The van der Waals surface area contributed by atoms with Gasteiger partial charge in [-0.15, -0.1) is 0 Å². The van der Waals surface area contributed by atoms with Crippen LogP contribution in [0.4, 0.5) is 19.0 Å². The molecule has 3 nitrogen and oxygen atoms in total. The highest BCUT2D eigenvalue weighted by molar-refractivity contribution is 5.36. The molecule has 2 rings (SSSR count). The second-order valence-electron chi connectivity index (χ2n) is 5.22. The smallest absolute Gasteiger partial charge is 0.385 e. The van der Waals surface area contributed by atoms with E-state index in [-0.39, 0.29) is 5.82 Å². The van der Waals surface area contributed by atoms with Crippen molar-refractivity contribution in [2.75, 3.05) is 11.9 Å². The van der Waals surface area contributed by atoms with E-state index in [0.29, 0.717) is 13.0 Å². The number of hydrogen-bond acceptors (Lipinski definition) is 3. The molecule has 0 saturated carbocycles. The van der Waals surface area contributed by atoms with Crippen LogP contribution in [0.5, 0.6) is 0 Å². The zero-order chi connectivity index (χ0) is 16.2. The van der Waals surface area contributed by atoms with Crippen LogP contribution in [0.3, 0.4) is 0 Å². The van der Waals surface area contributed by atoms with E-state index >= 15 is 0 Å². The molecule has 6 heteroatoms. The Hall–Kier alpha value is -2.08. The van der Waals surface area contributed by atoms with Crippen LogP contribution < -0.4 is 5.32 Å². The maximum atomic E-state index is 12.6. The van der Waals surface area contributed by atoms with Crippen molar-refractivity contribution in [1.29, 1.82) is 0 Å². The van der Waals surface area contributed by atoms with E-state index in [1.807, 2.05) is 30.3 Å². The molecule has 1 unspecified atom stereocenters. The van der Waals surface area contributed by atoms with Crippen LogP contribution in [0.15, 0.2) is 48.5 Å². The molecule has 0 aliphatic rings. The lowest BCUT2D eigenvalue weighted by Crippen LogP contribution is -2.25. The first-order valence-electron chi connectivity index (χ1n) is 6.85. The van der Waals surface area contributed by atoms with Crippen molar-refractivity contribution in [3.8, 4) is 0 Å². The lowest BCUT2D eigenvalue weighted by molar-refractivity contribution is -0.141. The summed E-state index contributed by atoms with van der Waals surface area (Å²) in [6.45, 7) is 1.97. The molecule has 2 aromatic rings. The molecule has 1 aromatic carbocycles. The number of anilines is 1. The predicted molar refractivity (Wildman–Crippen MR) is 78.4 cm³/mol. The summed E-state index contributed by atoms with van der Waals surface area (Å²) in [5.74, 6) is 0.138. The van der Waals surface area contributed by atoms with Gasteiger partial charge in [0.15, 0.2) is 0 Å². The van der Waals surface area contributed by atoms with E-state index < -0.39 is 17.5 Å². The summed E-state index contributed by atoms with van der Waals surface area (Å²) in [6.07, 6.45) is -4.12. The number of pyridine rings is 1. The molecule has 0 bridgehead atoms. The van der Waals surface area contributed by atoms with Crippen LogP contribution in [0.2, 0.25) is 0 Å². The minimum Gasteiger partial charge on any atom is -0.385 e. The van der Waals surface area contributed by atoms with Gasteiger partial charge in [-0.3, -0.25) is 0 Å². The van der Waals surface area contributed by atoms with Crippen LogP contribution in [0.25, 0.3) is 0 Å². The van der Waals surface area contributed by atoms with Gasteiger partial charge >= 0.3 is 6.18 Å². The molecule has 0 radical (unpaired) electrons. The largest absolute Gasteiger partial charge is 0.433 e. The summed E-state index contributed by atoms with van der Waals surface area (Å²) in [5.41, 5.74) is -1.24. The maximum absolute atomic E-state index is 12.6. The molecule has 1 aromatic heterocycles. The van der Waals surface area contributed by atoms with E-state index in [9.17, 15) is 18.3 Å². The molecule has 0 amide bonds. The Bertz CT molecular complexity index is 612. The molecule has 0 saturated heterocycles. The van der Waals surface area contributed by atoms with Crippen molar-refractivity contribution in [2.45, 2.75) is 25.1 Å². The second kappa shape index (κ2) is 6.36. The third-order valence-electron chi connectivity index (χ3n) is 3.35. The lowest BCUT2D eigenvalue weighted by atomic mass is 9.93. The summed E-state index contributed by atoms with van der Waals surface area (Å²) < 4.78 is 37.7. The van der Waals surface area contributed by atoms with Crippen LogP contribution in [-0.2, 0) is 11.8 Å². The Morgan fingerprint density at radius 1 is 1.05 bits per heavy atom. The van der Waals surface area contributed by atoms with Gasteiger partial charge in [-0.1, -0.05) is 36.4 Å². The van der Waals surface area contributed by atoms with Gasteiger partial charge in [0, 0.05) is 6.54 Å². The van der Waals surface area contributed by atoms with Gasteiger partial charge in [0.25, 0.3) is 0 Å². The quantitative estimate of drug-likeness (QED) is 0.882. The van der Waals surface area contributed by atoms with Crippen molar-refractivity contribution in [3.05, 3.63) is 59.8 Å². The van der Waals surface area contributed by atoms with Crippen molar-refractivity contribution >= 4 is 5.82 Å². The van der Waals surface area contributed by atoms with Gasteiger partial charge < -0.3 is 10.4 Å². The first kappa shape index (κ1) is 16.3. The number of alkyl halides is 3. The molecule has 0 spiro atoms.